The molecule has 0 spiro atoms. The number of nitrogens with one attached hydrogen (secondary N) is 2. The SMILES string of the molecule is Cc1cc2nn(CC(=O)Nc3cccc(Cl)c3)c(=O)n2c(Nc2ccc(C)c(F)c2)n1. The number of carbonyl (C=O) groups excluding carboxylic acids is 1. The average Bonchev–Trinajstić information content (AvgIpc) is 2.99. The maximum absolute atomic E-state index is 13.9. The summed E-state index contributed by atoms with van der Waals surface area (Å²) >= 11 is 5.92. The summed E-state index contributed by atoms with van der Waals surface area (Å²) in [6.07, 6.45) is 0. The normalized spacial score (nSPS) is 11.0. The van der Waals surface area contributed by atoms with E-state index in [-0.39, 0.29) is 18.3 Å². The number of hydrogen-bond acceptors (Lipinski definition) is 5. The fourth-order valence-corrected chi connectivity index (χ4v) is 3.23. The van der Waals surface area contributed by atoms with Crippen molar-refractivity contribution in [2.75, 3.05) is 10.6 Å². The molecule has 0 radical (unpaired) electrons. The third-order valence-corrected chi connectivity index (χ3v) is 4.76. The summed E-state index contributed by atoms with van der Waals surface area (Å²) in [6.45, 7) is 3.10. The number of halogens is 2. The second kappa shape index (κ2) is 8.19. The zero-order chi connectivity index (χ0) is 22.1. The molecule has 2 N–H and O–H groups in total. The van der Waals surface area contributed by atoms with E-state index < -0.39 is 11.6 Å². The Kier molecular flexibility index (Phi) is 5.43. The van der Waals surface area contributed by atoms with Crippen molar-refractivity contribution in [3.63, 3.8) is 0 Å². The van der Waals surface area contributed by atoms with Crippen LogP contribution in [0.2, 0.25) is 5.02 Å². The average molecular weight is 441 g/mol. The number of anilines is 3. The lowest BCUT2D eigenvalue weighted by Crippen LogP contribution is -2.29. The smallest absolute Gasteiger partial charge is 0.325 e. The molecule has 2 aromatic heterocycles. The maximum atomic E-state index is 13.9. The molecule has 0 fully saturated rings. The standard InChI is InChI=1S/C21H18ClFN6O2/c1-12-6-7-16(10-17(12)23)26-20-24-13(2)8-18-27-28(21(31)29(18)20)11-19(30)25-15-5-3-4-14(22)9-15/h3-10H,11H2,1-2H3,(H,24,26)(H,25,30). The highest BCUT2D eigenvalue weighted by molar-refractivity contribution is 6.30. The van der Waals surface area contributed by atoms with Crippen LogP contribution >= 0.6 is 11.6 Å². The van der Waals surface area contributed by atoms with Crippen molar-refractivity contribution >= 4 is 40.5 Å². The van der Waals surface area contributed by atoms with Gasteiger partial charge in [-0.2, -0.15) is 0 Å². The first-order valence-electron chi connectivity index (χ1n) is 9.36. The van der Waals surface area contributed by atoms with Crippen LogP contribution in [0, 0.1) is 19.7 Å². The van der Waals surface area contributed by atoms with Gasteiger partial charge in [0.1, 0.15) is 12.4 Å². The molecule has 0 aliphatic carbocycles. The minimum atomic E-state index is -0.557. The van der Waals surface area contributed by atoms with Crippen molar-refractivity contribution in [1.29, 1.82) is 0 Å². The van der Waals surface area contributed by atoms with Gasteiger partial charge in [-0.15, -0.1) is 5.10 Å². The summed E-state index contributed by atoms with van der Waals surface area (Å²) in [4.78, 5) is 29.7. The lowest BCUT2D eigenvalue weighted by molar-refractivity contribution is -0.117. The van der Waals surface area contributed by atoms with Crippen molar-refractivity contribution in [3.8, 4) is 0 Å². The van der Waals surface area contributed by atoms with Gasteiger partial charge in [0.25, 0.3) is 0 Å². The molecule has 2 aromatic carbocycles. The Labute approximate surface area is 181 Å². The van der Waals surface area contributed by atoms with Gasteiger partial charge < -0.3 is 10.6 Å². The second-order valence-electron chi connectivity index (χ2n) is 7.00. The third kappa shape index (κ3) is 4.41. The maximum Gasteiger partial charge on any atom is 0.353 e. The molecule has 0 bridgehead atoms. The number of nitrogens with zero attached hydrogens (tertiary/aromatic N) is 4. The Hall–Kier alpha value is -3.72. The van der Waals surface area contributed by atoms with E-state index in [1.807, 2.05) is 0 Å². The molecule has 0 unspecified atom stereocenters. The number of hydrogen-bond donors (Lipinski definition) is 2. The van der Waals surface area contributed by atoms with Crippen molar-refractivity contribution in [3.05, 3.63) is 81.1 Å². The van der Waals surface area contributed by atoms with Crippen LogP contribution in [0.3, 0.4) is 0 Å². The van der Waals surface area contributed by atoms with Crippen LogP contribution in [0.5, 0.6) is 0 Å². The minimum absolute atomic E-state index is 0.171. The molecule has 0 atom stereocenters. The predicted octanol–water partition coefficient (Wildman–Crippen LogP) is 3.68. The number of aryl methyl sites for hydroxylation is 2. The van der Waals surface area contributed by atoms with Crippen LogP contribution in [0.4, 0.5) is 21.7 Å². The van der Waals surface area contributed by atoms with Crippen molar-refractivity contribution in [1.82, 2.24) is 19.2 Å². The highest BCUT2D eigenvalue weighted by Gasteiger charge is 2.16. The van der Waals surface area contributed by atoms with Crippen LogP contribution in [-0.2, 0) is 11.3 Å². The fourth-order valence-electron chi connectivity index (χ4n) is 3.04. The van der Waals surface area contributed by atoms with Crippen LogP contribution in [0.1, 0.15) is 11.3 Å². The van der Waals surface area contributed by atoms with E-state index in [0.717, 1.165) is 4.68 Å². The van der Waals surface area contributed by atoms with Gasteiger partial charge in [-0.1, -0.05) is 23.7 Å². The van der Waals surface area contributed by atoms with Crippen molar-refractivity contribution < 1.29 is 9.18 Å². The van der Waals surface area contributed by atoms with Gasteiger partial charge >= 0.3 is 5.69 Å². The van der Waals surface area contributed by atoms with E-state index in [0.29, 0.717) is 33.3 Å². The zero-order valence-electron chi connectivity index (χ0n) is 16.7. The largest absolute Gasteiger partial charge is 0.353 e. The summed E-state index contributed by atoms with van der Waals surface area (Å²) in [5.41, 5.74) is 1.80. The quantitative estimate of drug-likeness (QED) is 0.493. The van der Waals surface area contributed by atoms with Crippen molar-refractivity contribution in [2.45, 2.75) is 20.4 Å². The van der Waals surface area contributed by atoms with Gasteiger partial charge in [-0.25, -0.2) is 23.3 Å². The van der Waals surface area contributed by atoms with Crippen LogP contribution < -0.4 is 16.3 Å². The third-order valence-electron chi connectivity index (χ3n) is 4.53. The highest BCUT2D eigenvalue weighted by atomic mass is 35.5. The Morgan fingerprint density at radius 3 is 2.68 bits per heavy atom. The first-order chi connectivity index (χ1) is 14.8. The first-order valence-corrected chi connectivity index (χ1v) is 9.74. The van der Waals surface area contributed by atoms with Crippen LogP contribution in [0.15, 0.2) is 53.3 Å². The van der Waals surface area contributed by atoms with E-state index in [9.17, 15) is 14.0 Å². The van der Waals surface area contributed by atoms with Crippen LogP contribution in [0.25, 0.3) is 5.65 Å². The molecule has 1 amide bonds. The molecule has 0 saturated heterocycles. The summed E-state index contributed by atoms with van der Waals surface area (Å²) in [6, 6.07) is 12.9. The van der Waals surface area contributed by atoms with Gasteiger partial charge in [0, 0.05) is 28.2 Å². The summed E-state index contributed by atoms with van der Waals surface area (Å²) < 4.78 is 16.2. The van der Waals surface area contributed by atoms with E-state index in [1.165, 1.54) is 10.5 Å². The van der Waals surface area contributed by atoms with Gasteiger partial charge in [-0.3, -0.25) is 4.79 Å². The predicted molar refractivity (Wildman–Crippen MR) is 116 cm³/mol. The number of carbonyl (C=O) groups is 1. The molecule has 31 heavy (non-hydrogen) atoms. The Morgan fingerprint density at radius 2 is 1.94 bits per heavy atom. The molecule has 0 aliphatic heterocycles. The Balaban J connectivity index is 1.65. The molecule has 10 heteroatoms. The minimum Gasteiger partial charge on any atom is -0.325 e. The molecular formula is C21H18ClFN6O2. The molecule has 4 rings (SSSR count). The molecule has 0 saturated carbocycles. The molecule has 8 nitrogen and oxygen atoms in total. The molecule has 158 valence electrons. The Morgan fingerprint density at radius 1 is 1.13 bits per heavy atom. The fraction of sp³-hybridized carbons (Fsp3) is 0.143. The summed E-state index contributed by atoms with van der Waals surface area (Å²) in [7, 11) is 0. The van der Waals surface area contributed by atoms with Gasteiger partial charge in [0.2, 0.25) is 11.9 Å². The lowest BCUT2D eigenvalue weighted by Gasteiger charge is -2.08. The lowest BCUT2D eigenvalue weighted by atomic mass is 10.2. The van der Waals surface area contributed by atoms with Crippen molar-refractivity contribution in [2.24, 2.45) is 0 Å². The highest BCUT2D eigenvalue weighted by Crippen LogP contribution is 2.19. The van der Waals surface area contributed by atoms with E-state index >= 15 is 0 Å². The van der Waals surface area contributed by atoms with E-state index in [1.54, 1.807) is 56.3 Å². The van der Waals surface area contributed by atoms with Gasteiger partial charge in [-0.05, 0) is 49.7 Å². The monoisotopic (exact) mass is 440 g/mol. The van der Waals surface area contributed by atoms with E-state index in [2.05, 4.69) is 20.7 Å². The number of benzene rings is 2. The molecular weight excluding hydrogens is 423 g/mol. The molecule has 2 heterocycles. The summed E-state index contributed by atoms with van der Waals surface area (Å²) in [5, 5.41) is 10.3. The number of rotatable bonds is 5. The first kappa shape index (κ1) is 20.5. The zero-order valence-corrected chi connectivity index (χ0v) is 17.4. The van der Waals surface area contributed by atoms with E-state index in [4.69, 9.17) is 11.6 Å². The summed E-state index contributed by atoms with van der Waals surface area (Å²) in [5.74, 6) is -0.646. The molecule has 4 aromatic rings. The number of aromatic nitrogens is 4. The number of fused-ring (bicyclic) bond motifs is 1. The van der Waals surface area contributed by atoms with Gasteiger partial charge in [0.15, 0.2) is 5.65 Å². The molecule has 0 aliphatic rings. The number of amides is 1. The van der Waals surface area contributed by atoms with Gasteiger partial charge in [0.05, 0.1) is 0 Å². The second-order valence-corrected chi connectivity index (χ2v) is 7.44. The van der Waals surface area contributed by atoms with Crippen LogP contribution in [-0.4, -0.2) is 25.1 Å². The Bertz CT molecular complexity index is 1360. The topological polar surface area (TPSA) is 93.3 Å².